The van der Waals surface area contributed by atoms with E-state index in [4.69, 9.17) is 32.7 Å². The van der Waals surface area contributed by atoms with Gasteiger partial charge in [0.15, 0.2) is 6.10 Å². The number of nitro groups is 1. The quantitative estimate of drug-likeness (QED) is 0.536. The number of hydrogen-bond acceptors (Lipinski definition) is 6. The lowest BCUT2D eigenvalue weighted by Gasteiger charge is -2.30. The number of nitrogens with one attached hydrogen (secondary N) is 1. The van der Waals surface area contributed by atoms with E-state index in [-0.39, 0.29) is 5.69 Å². The van der Waals surface area contributed by atoms with Crippen molar-refractivity contribution in [1.29, 1.82) is 0 Å². The van der Waals surface area contributed by atoms with Crippen molar-refractivity contribution >= 4 is 46.2 Å². The molecular weight excluding hydrogens is 421 g/mol. The van der Waals surface area contributed by atoms with E-state index in [0.717, 1.165) is 0 Å². The lowest BCUT2D eigenvalue weighted by atomic mass is 10.2. The molecule has 0 unspecified atom stereocenters. The van der Waals surface area contributed by atoms with Crippen LogP contribution in [0.3, 0.4) is 0 Å². The Kier molecular flexibility index (Phi) is 6.79. The Morgan fingerprint density at radius 1 is 1.24 bits per heavy atom. The van der Waals surface area contributed by atoms with Gasteiger partial charge < -0.3 is 19.7 Å². The topological polar surface area (TPSA) is 93.9 Å². The van der Waals surface area contributed by atoms with Crippen LogP contribution in [-0.4, -0.2) is 43.2 Å². The summed E-state index contributed by atoms with van der Waals surface area (Å²) in [6, 6.07) is 9.03. The molecule has 1 amide bonds. The molecule has 29 heavy (non-hydrogen) atoms. The number of ether oxygens (including phenoxy) is 2. The molecule has 8 nitrogen and oxygen atoms in total. The van der Waals surface area contributed by atoms with Gasteiger partial charge in [0, 0.05) is 30.2 Å². The van der Waals surface area contributed by atoms with Crippen molar-refractivity contribution in [2.75, 3.05) is 36.5 Å². The first-order valence-electron chi connectivity index (χ1n) is 8.89. The minimum Gasteiger partial charge on any atom is -0.479 e. The van der Waals surface area contributed by atoms with E-state index in [1.807, 2.05) is 4.90 Å². The number of rotatable bonds is 6. The average Bonchev–Trinajstić information content (AvgIpc) is 2.70. The number of carbonyl (C=O) groups excluding carboxylic acids is 1. The summed E-state index contributed by atoms with van der Waals surface area (Å²) in [5.41, 5.74) is 0.967. The first kappa shape index (κ1) is 21.2. The molecule has 1 atom stereocenters. The summed E-state index contributed by atoms with van der Waals surface area (Å²) in [4.78, 5) is 25.3. The van der Waals surface area contributed by atoms with Crippen molar-refractivity contribution in [2.24, 2.45) is 0 Å². The Hall–Kier alpha value is -2.55. The van der Waals surface area contributed by atoms with Crippen molar-refractivity contribution in [2.45, 2.75) is 13.0 Å². The number of halogens is 2. The summed E-state index contributed by atoms with van der Waals surface area (Å²) < 4.78 is 11.0. The Bertz CT molecular complexity index is 919. The highest BCUT2D eigenvalue weighted by Gasteiger charge is 2.22. The highest BCUT2D eigenvalue weighted by Crippen LogP contribution is 2.32. The molecule has 2 aromatic carbocycles. The van der Waals surface area contributed by atoms with Gasteiger partial charge >= 0.3 is 0 Å². The maximum absolute atomic E-state index is 12.7. The van der Waals surface area contributed by atoms with E-state index in [1.54, 1.807) is 19.1 Å². The number of non-ortho nitro benzene ring substituents is 1. The van der Waals surface area contributed by atoms with Crippen LogP contribution in [0.2, 0.25) is 10.0 Å². The Morgan fingerprint density at radius 3 is 2.62 bits per heavy atom. The van der Waals surface area contributed by atoms with Crippen molar-refractivity contribution in [1.82, 2.24) is 0 Å². The third-order valence-electron chi connectivity index (χ3n) is 4.37. The molecule has 1 saturated heterocycles. The van der Waals surface area contributed by atoms with Crippen molar-refractivity contribution < 1.29 is 19.2 Å². The Balaban J connectivity index is 1.78. The van der Waals surface area contributed by atoms with Crippen molar-refractivity contribution in [3.63, 3.8) is 0 Å². The number of benzene rings is 2. The van der Waals surface area contributed by atoms with Crippen LogP contribution in [0.1, 0.15) is 6.92 Å². The molecule has 1 N–H and O–H groups in total. The largest absolute Gasteiger partial charge is 0.479 e. The summed E-state index contributed by atoms with van der Waals surface area (Å²) in [7, 11) is 0. The molecule has 0 saturated carbocycles. The van der Waals surface area contributed by atoms with E-state index < -0.39 is 16.9 Å². The van der Waals surface area contributed by atoms with Gasteiger partial charge in [0.25, 0.3) is 11.6 Å². The Morgan fingerprint density at radius 2 is 1.97 bits per heavy atom. The SMILES string of the molecule is C[C@H](Oc1ccc(Cl)cc1Cl)C(=O)Nc1ccc([N+](=O)[O-])cc1N1CCOCC1. The van der Waals surface area contributed by atoms with Gasteiger partial charge in [-0.1, -0.05) is 23.2 Å². The third kappa shape index (κ3) is 5.29. The first-order chi connectivity index (χ1) is 13.8. The molecule has 1 fully saturated rings. The second-order valence-electron chi connectivity index (χ2n) is 6.38. The number of amides is 1. The lowest BCUT2D eigenvalue weighted by molar-refractivity contribution is -0.384. The zero-order chi connectivity index (χ0) is 21.0. The fraction of sp³-hybridized carbons (Fsp3) is 0.316. The van der Waals surface area contributed by atoms with Crippen LogP contribution in [0.5, 0.6) is 5.75 Å². The molecule has 154 valence electrons. The second kappa shape index (κ2) is 9.30. The van der Waals surface area contributed by atoms with E-state index in [0.29, 0.717) is 53.5 Å². The smallest absolute Gasteiger partial charge is 0.271 e. The second-order valence-corrected chi connectivity index (χ2v) is 7.23. The van der Waals surface area contributed by atoms with Crippen molar-refractivity contribution in [3.8, 4) is 5.75 Å². The molecule has 0 radical (unpaired) electrons. The predicted molar refractivity (Wildman–Crippen MR) is 111 cm³/mol. The normalized spacial score (nSPS) is 14.9. The van der Waals surface area contributed by atoms with Crippen LogP contribution < -0.4 is 15.0 Å². The molecular formula is C19H19Cl2N3O5. The molecule has 1 aliphatic heterocycles. The molecule has 0 aliphatic carbocycles. The molecule has 10 heteroatoms. The van der Waals surface area contributed by atoms with Crippen LogP contribution in [-0.2, 0) is 9.53 Å². The summed E-state index contributed by atoms with van der Waals surface area (Å²) >= 11 is 12.0. The van der Waals surface area contributed by atoms with Gasteiger partial charge in [-0.3, -0.25) is 14.9 Å². The number of hydrogen-bond donors (Lipinski definition) is 1. The van der Waals surface area contributed by atoms with Gasteiger partial charge in [-0.25, -0.2) is 0 Å². The van der Waals surface area contributed by atoms with Gasteiger partial charge in [-0.2, -0.15) is 0 Å². The molecule has 0 bridgehead atoms. The number of nitro benzene ring substituents is 1. The van der Waals surface area contributed by atoms with Crippen LogP contribution in [0, 0.1) is 10.1 Å². The molecule has 1 heterocycles. The van der Waals surface area contributed by atoms with Gasteiger partial charge in [-0.15, -0.1) is 0 Å². The standard InChI is InChI=1S/C19H19Cl2N3O5/c1-12(29-18-5-2-13(20)10-15(18)21)19(25)22-16-4-3-14(24(26)27)11-17(16)23-6-8-28-9-7-23/h2-5,10-12H,6-9H2,1H3,(H,22,25)/t12-/m0/s1. The van der Waals surface area contributed by atoms with Crippen LogP contribution in [0.25, 0.3) is 0 Å². The minimum absolute atomic E-state index is 0.0539. The average molecular weight is 440 g/mol. The zero-order valence-electron chi connectivity index (χ0n) is 15.6. The molecule has 1 aliphatic rings. The predicted octanol–water partition coefficient (Wildman–Crippen LogP) is 4.14. The zero-order valence-corrected chi connectivity index (χ0v) is 17.1. The highest BCUT2D eigenvalue weighted by atomic mass is 35.5. The maximum atomic E-state index is 12.7. The Labute approximate surface area is 177 Å². The molecule has 2 aromatic rings. The van der Waals surface area contributed by atoms with E-state index in [2.05, 4.69) is 5.32 Å². The van der Waals surface area contributed by atoms with Gasteiger partial charge in [0.1, 0.15) is 5.75 Å². The molecule has 3 rings (SSSR count). The van der Waals surface area contributed by atoms with Gasteiger partial charge in [0.05, 0.1) is 34.5 Å². The summed E-state index contributed by atoms with van der Waals surface area (Å²) in [5, 5.41) is 14.7. The fourth-order valence-corrected chi connectivity index (χ4v) is 3.31. The number of carbonyl (C=O) groups is 1. The van der Waals surface area contributed by atoms with E-state index in [9.17, 15) is 14.9 Å². The monoisotopic (exact) mass is 439 g/mol. The third-order valence-corrected chi connectivity index (χ3v) is 4.90. The minimum atomic E-state index is -0.860. The fourth-order valence-electron chi connectivity index (χ4n) is 2.85. The summed E-state index contributed by atoms with van der Waals surface area (Å²) in [6.07, 6.45) is -0.860. The van der Waals surface area contributed by atoms with Crippen LogP contribution in [0.15, 0.2) is 36.4 Å². The molecule has 0 aromatic heterocycles. The lowest BCUT2D eigenvalue weighted by Crippen LogP contribution is -2.37. The van der Waals surface area contributed by atoms with Gasteiger partial charge in [0.2, 0.25) is 0 Å². The van der Waals surface area contributed by atoms with Crippen LogP contribution >= 0.6 is 23.2 Å². The first-order valence-corrected chi connectivity index (χ1v) is 9.64. The number of morpholine rings is 1. The number of anilines is 2. The number of nitrogens with zero attached hydrogens (tertiary/aromatic N) is 2. The van der Waals surface area contributed by atoms with Crippen LogP contribution in [0.4, 0.5) is 17.1 Å². The van der Waals surface area contributed by atoms with E-state index in [1.165, 1.54) is 24.3 Å². The summed E-state index contributed by atoms with van der Waals surface area (Å²) in [5.74, 6) is -0.0878. The maximum Gasteiger partial charge on any atom is 0.271 e. The summed E-state index contributed by atoms with van der Waals surface area (Å²) in [6.45, 7) is 3.72. The highest BCUT2D eigenvalue weighted by molar-refractivity contribution is 6.35. The molecule has 0 spiro atoms. The van der Waals surface area contributed by atoms with Crippen molar-refractivity contribution in [3.05, 3.63) is 56.6 Å². The van der Waals surface area contributed by atoms with Gasteiger partial charge in [-0.05, 0) is 31.2 Å². The van der Waals surface area contributed by atoms with E-state index >= 15 is 0 Å².